The van der Waals surface area contributed by atoms with Gasteiger partial charge in [-0.15, -0.1) is 0 Å². The van der Waals surface area contributed by atoms with Gasteiger partial charge in [0.15, 0.2) is 6.67 Å². The molecule has 0 spiro atoms. The Balaban J connectivity index is 0.000000252. The minimum absolute atomic E-state index is 1.14. The lowest BCUT2D eigenvalue weighted by atomic mass is 10.6. The van der Waals surface area contributed by atoms with Gasteiger partial charge in [0, 0.05) is 7.05 Å². The number of quaternary nitrogens is 1. The van der Waals surface area contributed by atoms with Crippen LogP contribution in [0, 0.1) is 0 Å². The van der Waals surface area contributed by atoms with Crippen LogP contribution >= 0.6 is 0 Å². The molecule has 0 aliphatic carbocycles. The van der Waals surface area contributed by atoms with Gasteiger partial charge in [0.2, 0.25) is 10.4 Å². The normalized spacial score (nSPS) is 21.2. The smallest absolute Gasteiger partial charge is 0.215 e. The molecule has 0 amide bonds. The first-order valence-corrected chi connectivity index (χ1v) is 5.11. The molecule has 7 heteroatoms. The Morgan fingerprint density at radius 2 is 2.15 bits per heavy atom. The predicted molar refractivity (Wildman–Crippen MR) is 45.6 cm³/mol. The SMILES string of the molecule is CC[NH+]1C=CN(C)C1.O=S(=O)([O-])O. The molecule has 6 nitrogen and oxygen atoms in total. The minimum atomic E-state index is -4.92. The van der Waals surface area contributed by atoms with Crippen LogP contribution in [0.5, 0.6) is 0 Å². The van der Waals surface area contributed by atoms with Crippen molar-refractivity contribution in [3.05, 3.63) is 12.4 Å². The Kier molecular flexibility index (Phi) is 4.92. The Morgan fingerprint density at radius 3 is 2.31 bits per heavy atom. The average Bonchev–Trinajstić information content (AvgIpc) is 2.31. The van der Waals surface area contributed by atoms with Crippen LogP contribution in [0.15, 0.2) is 12.4 Å². The molecule has 0 saturated heterocycles. The molecule has 0 bridgehead atoms. The van der Waals surface area contributed by atoms with Gasteiger partial charge in [-0.1, -0.05) is 0 Å². The highest BCUT2D eigenvalue weighted by Gasteiger charge is 2.09. The van der Waals surface area contributed by atoms with Crippen LogP contribution < -0.4 is 4.90 Å². The second kappa shape index (κ2) is 5.18. The van der Waals surface area contributed by atoms with Crippen molar-refractivity contribution in [1.82, 2.24) is 4.90 Å². The summed E-state index contributed by atoms with van der Waals surface area (Å²) in [6, 6.07) is 0. The summed E-state index contributed by atoms with van der Waals surface area (Å²) in [5.74, 6) is 0. The molecule has 0 aromatic rings. The Morgan fingerprint density at radius 1 is 1.69 bits per heavy atom. The van der Waals surface area contributed by atoms with Crippen LogP contribution in [0.25, 0.3) is 0 Å². The van der Waals surface area contributed by atoms with Crippen molar-refractivity contribution in [3.8, 4) is 0 Å². The molecule has 1 heterocycles. The number of hydrogen-bond acceptors (Lipinski definition) is 4. The minimum Gasteiger partial charge on any atom is -0.726 e. The van der Waals surface area contributed by atoms with Crippen molar-refractivity contribution >= 4 is 10.4 Å². The summed E-state index contributed by atoms with van der Waals surface area (Å²) >= 11 is 0. The summed E-state index contributed by atoms with van der Waals surface area (Å²) in [7, 11) is -2.82. The van der Waals surface area contributed by atoms with Crippen LogP contribution in [-0.2, 0) is 10.4 Å². The van der Waals surface area contributed by atoms with Gasteiger partial charge < -0.3 is 9.45 Å². The van der Waals surface area contributed by atoms with Crippen molar-refractivity contribution in [2.45, 2.75) is 6.92 Å². The van der Waals surface area contributed by atoms with Crippen LogP contribution in [0.2, 0.25) is 0 Å². The lowest BCUT2D eigenvalue weighted by molar-refractivity contribution is -0.846. The highest BCUT2D eigenvalue weighted by Crippen LogP contribution is 1.80. The van der Waals surface area contributed by atoms with Gasteiger partial charge in [-0.25, -0.2) is 8.42 Å². The van der Waals surface area contributed by atoms with Crippen molar-refractivity contribution in [2.24, 2.45) is 0 Å². The molecule has 0 aromatic heterocycles. The van der Waals surface area contributed by atoms with E-state index in [2.05, 4.69) is 31.3 Å². The molecular weight excluding hydrogens is 196 g/mol. The Bertz CT molecular complexity index is 254. The van der Waals surface area contributed by atoms with E-state index in [-0.39, 0.29) is 0 Å². The molecule has 1 aliphatic rings. The third kappa shape index (κ3) is 9.28. The molecule has 0 radical (unpaired) electrons. The highest BCUT2D eigenvalue weighted by molar-refractivity contribution is 7.79. The number of rotatable bonds is 1. The molecular formula is C6H14N2O4S. The third-order valence-electron chi connectivity index (χ3n) is 1.47. The maximum Gasteiger partial charge on any atom is 0.215 e. The van der Waals surface area contributed by atoms with Crippen molar-refractivity contribution < 1.29 is 22.4 Å². The number of hydrogen-bond donors (Lipinski definition) is 2. The lowest BCUT2D eigenvalue weighted by Gasteiger charge is -2.09. The fourth-order valence-electron chi connectivity index (χ4n) is 0.888. The Hall–Kier alpha value is -0.630. The van der Waals surface area contributed by atoms with Gasteiger partial charge in [-0.3, -0.25) is 9.45 Å². The van der Waals surface area contributed by atoms with E-state index in [1.165, 1.54) is 11.4 Å². The second-order valence-corrected chi connectivity index (χ2v) is 3.53. The summed E-state index contributed by atoms with van der Waals surface area (Å²) in [5.41, 5.74) is 0. The third-order valence-corrected chi connectivity index (χ3v) is 1.47. The van der Waals surface area contributed by atoms with Crippen molar-refractivity contribution in [3.63, 3.8) is 0 Å². The van der Waals surface area contributed by atoms with Crippen molar-refractivity contribution in [1.29, 1.82) is 0 Å². The maximum absolute atomic E-state index is 8.63. The van der Waals surface area contributed by atoms with Gasteiger partial charge in [-0.05, 0) is 6.92 Å². The quantitative estimate of drug-likeness (QED) is 0.397. The summed E-state index contributed by atoms with van der Waals surface area (Å²) in [6.07, 6.45) is 4.32. The first kappa shape index (κ1) is 12.4. The lowest BCUT2D eigenvalue weighted by Crippen LogP contribution is -3.06. The van der Waals surface area contributed by atoms with E-state index in [0.29, 0.717) is 0 Å². The molecule has 78 valence electrons. The van der Waals surface area contributed by atoms with E-state index in [1.54, 1.807) is 0 Å². The maximum atomic E-state index is 8.63. The summed E-state index contributed by atoms with van der Waals surface area (Å²) in [6.45, 7) is 4.52. The summed E-state index contributed by atoms with van der Waals surface area (Å²) in [4.78, 5) is 3.73. The molecule has 1 rings (SSSR count). The van der Waals surface area contributed by atoms with E-state index in [9.17, 15) is 0 Å². The van der Waals surface area contributed by atoms with Crippen LogP contribution in [-0.4, -0.2) is 42.7 Å². The molecule has 0 saturated carbocycles. The van der Waals surface area contributed by atoms with Crippen molar-refractivity contribution in [2.75, 3.05) is 20.3 Å². The molecule has 0 aromatic carbocycles. The fourth-order valence-corrected chi connectivity index (χ4v) is 0.888. The van der Waals surface area contributed by atoms with E-state index >= 15 is 0 Å². The molecule has 1 aliphatic heterocycles. The van der Waals surface area contributed by atoms with E-state index < -0.39 is 10.4 Å². The van der Waals surface area contributed by atoms with Crippen LogP contribution in [0.4, 0.5) is 0 Å². The Labute approximate surface area is 78.0 Å². The topological polar surface area (TPSA) is 85.1 Å². The largest absolute Gasteiger partial charge is 0.726 e. The summed E-state index contributed by atoms with van der Waals surface area (Å²) in [5, 5.41) is 0. The first-order valence-electron chi connectivity index (χ1n) is 3.74. The standard InChI is InChI=1S/C6H12N2.H2O4S/c1-3-8-5-4-7(2)6-8;1-5(2,3)4/h4-5H,3,6H2,1-2H3;(H2,1,2,3,4). The summed E-state index contributed by atoms with van der Waals surface area (Å²) < 4.78 is 32.8. The predicted octanol–water partition coefficient (Wildman–Crippen LogP) is -1.73. The van der Waals surface area contributed by atoms with E-state index in [0.717, 1.165) is 6.67 Å². The average molecular weight is 210 g/mol. The molecule has 1 unspecified atom stereocenters. The number of nitrogens with zero attached hydrogens (tertiary/aromatic N) is 1. The zero-order chi connectivity index (χ0) is 10.5. The van der Waals surface area contributed by atoms with Gasteiger partial charge >= 0.3 is 0 Å². The first-order chi connectivity index (χ1) is 5.83. The molecule has 13 heavy (non-hydrogen) atoms. The zero-order valence-electron chi connectivity index (χ0n) is 7.60. The fraction of sp³-hybridized carbons (Fsp3) is 0.667. The second-order valence-electron chi connectivity index (χ2n) is 2.67. The van der Waals surface area contributed by atoms with E-state index in [1.807, 2.05) is 0 Å². The van der Waals surface area contributed by atoms with E-state index in [4.69, 9.17) is 17.5 Å². The number of nitrogens with one attached hydrogen (secondary N) is 1. The monoisotopic (exact) mass is 210 g/mol. The van der Waals surface area contributed by atoms with Crippen LogP contribution in [0.3, 0.4) is 0 Å². The van der Waals surface area contributed by atoms with Gasteiger partial charge in [0.1, 0.15) is 6.20 Å². The molecule has 2 N–H and O–H groups in total. The van der Waals surface area contributed by atoms with Gasteiger partial charge in [-0.2, -0.15) is 0 Å². The zero-order valence-corrected chi connectivity index (χ0v) is 8.41. The molecule has 1 atom stereocenters. The van der Waals surface area contributed by atoms with Gasteiger partial charge in [0.05, 0.1) is 12.7 Å². The van der Waals surface area contributed by atoms with Gasteiger partial charge in [0.25, 0.3) is 0 Å². The van der Waals surface area contributed by atoms with Crippen LogP contribution in [0.1, 0.15) is 6.92 Å². The highest BCUT2D eigenvalue weighted by atomic mass is 32.3. The molecule has 0 fully saturated rings.